The molecular formula is C9H4ClF2NO. The molecule has 1 heterocycles. The van der Waals surface area contributed by atoms with Gasteiger partial charge in [-0.2, -0.15) is 0 Å². The van der Waals surface area contributed by atoms with Crippen molar-refractivity contribution >= 4 is 27.7 Å². The minimum atomic E-state index is -0.735. The average molecular weight is 216 g/mol. The molecule has 0 saturated carbocycles. The first-order chi connectivity index (χ1) is 6.58. The Kier molecular flexibility index (Phi) is 2.00. The molecule has 0 fully saturated rings. The number of halogens is 3. The highest BCUT2D eigenvalue weighted by Crippen LogP contribution is 2.21. The molecule has 0 atom stereocenters. The van der Waals surface area contributed by atoms with Crippen molar-refractivity contribution in [2.24, 2.45) is 0 Å². The average Bonchev–Trinajstić information content (AvgIpc) is 2.47. The summed E-state index contributed by atoms with van der Waals surface area (Å²) in [5, 5.41) is -0.587. The number of aromatic nitrogens is 1. The normalized spacial score (nSPS) is 10.8. The lowest BCUT2D eigenvalue weighted by atomic mass is 10.2. The highest BCUT2D eigenvalue weighted by molar-refractivity contribution is 6.67. The first-order valence-electron chi connectivity index (χ1n) is 3.75. The molecule has 0 saturated heterocycles. The molecule has 1 aromatic heterocycles. The largest absolute Gasteiger partial charge is 0.351 e. The Morgan fingerprint density at radius 1 is 1.29 bits per heavy atom. The quantitative estimate of drug-likeness (QED) is 0.729. The number of rotatable bonds is 1. The maximum Gasteiger partial charge on any atom is 0.268 e. The van der Waals surface area contributed by atoms with Crippen LogP contribution in [0.2, 0.25) is 0 Å². The van der Waals surface area contributed by atoms with Crippen LogP contribution in [0.25, 0.3) is 10.9 Å². The van der Waals surface area contributed by atoms with Gasteiger partial charge in [-0.25, -0.2) is 8.78 Å². The van der Waals surface area contributed by atoms with Crippen LogP contribution in [0.1, 0.15) is 10.5 Å². The van der Waals surface area contributed by atoms with Crippen LogP contribution in [0.4, 0.5) is 8.78 Å². The van der Waals surface area contributed by atoms with Gasteiger partial charge in [-0.05, 0) is 23.7 Å². The van der Waals surface area contributed by atoms with Gasteiger partial charge in [0.25, 0.3) is 5.24 Å². The van der Waals surface area contributed by atoms with Gasteiger partial charge in [0.1, 0.15) is 11.6 Å². The molecule has 0 bridgehead atoms. The summed E-state index contributed by atoms with van der Waals surface area (Å²) in [6.45, 7) is 0. The van der Waals surface area contributed by atoms with Crippen LogP contribution in [-0.4, -0.2) is 10.2 Å². The Bertz CT molecular complexity index is 521. The summed E-state index contributed by atoms with van der Waals surface area (Å²) in [4.78, 5) is 13.2. The molecule has 0 spiro atoms. The predicted molar refractivity (Wildman–Crippen MR) is 48.4 cm³/mol. The number of hydrogen-bond donors (Lipinski definition) is 1. The van der Waals surface area contributed by atoms with Crippen molar-refractivity contribution in [2.75, 3.05) is 0 Å². The molecule has 5 heteroatoms. The number of nitrogens with one attached hydrogen (secondary N) is 1. The van der Waals surface area contributed by atoms with Gasteiger partial charge in [0, 0.05) is 11.5 Å². The summed E-state index contributed by atoms with van der Waals surface area (Å²) in [6, 6.07) is 3.10. The number of carbonyl (C=O) groups excluding carboxylic acids is 1. The van der Waals surface area contributed by atoms with E-state index in [4.69, 9.17) is 11.6 Å². The van der Waals surface area contributed by atoms with E-state index in [0.717, 1.165) is 12.1 Å². The first-order valence-corrected chi connectivity index (χ1v) is 4.13. The molecule has 14 heavy (non-hydrogen) atoms. The molecule has 2 rings (SSSR count). The van der Waals surface area contributed by atoms with Crippen molar-refractivity contribution in [3.05, 3.63) is 35.5 Å². The summed E-state index contributed by atoms with van der Waals surface area (Å²) >= 11 is 5.18. The van der Waals surface area contributed by atoms with Gasteiger partial charge in [-0.15, -0.1) is 0 Å². The van der Waals surface area contributed by atoms with Crippen molar-refractivity contribution in [3.63, 3.8) is 0 Å². The summed E-state index contributed by atoms with van der Waals surface area (Å²) in [7, 11) is 0. The third kappa shape index (κ3) is 1.37. The Hall–Kier alpha value is -1.42. The van der Waals surface area contributed by atoms with Crippen LogP contribution in [0.15, 0.2) is 18.2 Å². The molecule has 1 aromatic carbocycles. The van der Waals surface area contributed by atoms with Crippen LogP contribution in [-0.2, 0) is 0 Å². The van der Waals surface area contributed by atoms with Gasteiger partial charge in [0.15, 0.2) is 0 Å². The van der Waals surface area contributed by atoms with Crippen molar-refractivity contribution < 1.29 is 13.6 Å². The second-order valence-electron chi connectivity index (χ2n) is 2.81. The molecule has 0 aliphatic heterocycles. The van der Waals surface area contributed by atoms with Crippen LogP contribution >= 0.6 is 11.6 Å². The smallest absolute Gasteiger partial charge is 0.268 e. The lowest BCUT2D eigenvalue weighted by molar-refractivity contribution is 0.107. The number of benzene rings is 1. The molecule has 0 aliphatic rings. The van der Waals surface area contributed by atoms with Gasteiger partial charge in [-0.3, -0.25) is 4.79 Å². The summed E-state index contributed by atoms with van der Waals surface area (Å²) in [5.41, 5.74) is 0.262. The lowest BCUT2D eigenvalue weighted by Gasteiger charge is -1.91. The molecule has 0 amide bonds. The van der Waals surface area contributed by atoms with Crippen molar-refractivity contribution in [1.82, 2.24) is 4.98 Å². The predicted octanol–water partition coefficient (Wildman–Crippen LogP) is 2.83. The summed E-state index contributed by atoms with van der Waals surface area (Å²) in [6.07, 6.45) is 0. The van der Waals surface area contributed by atoms with Gasteiger partial charge in [-0.1, -0.05) is 0 Å². The third-order valence-corrected chi connectivity index (χ3v) is 2.07. The van der Waals surface area contributed by atoms with Crippen molar-refractivity contribution in [2.45, 2.75) is 0 Å². The number of hydrogen-bond acceptors (Lipinski definition) is 1. The van der Waals surface area contributed by atoms with Gasteiger partial charge < -0.3 is 4.98 Å². The van der Waals surface area contributed by atoms with Crippen LogP contribution < -0.4 is 0 Å². The highest BCUT2D eigenvalue weighted by atomic mass is 35.5. The first kappa shape index (κ1) is 9.15. The van der Waals surface area contributed by atoms with E-state index < -0.39 is 16.9 Å². The van der Waals surface area contributed by atoms with E-state index in [-0.39, 0.29) is 16.6 Å². The number of fused-ring (bicyclic) bond motifs is 1. The fourth-order valence-corrected chi connectivity index (χ4v) is 1.37. The topological polar surface area (TPSA) is 32.9 Å². The zero-order chi connectivity index (χ0) is 10.3. The second-order valence-corrected chi connectivity index (χ2v) is 3.15. The van der Waals surface area contributed by atoms with Crippen LogP contribution in [0, 0.1) is 11.6 Å². The minimum Gasteiger partial charge on any atom is -0.351 e. The van der Waals surface area contributed by atoms with Crippen molar-refractivity contribution in [1.29, 1.82) is 0 Å². The molecular weight excluding hydrogens is 212 g/mol. The standard InChI is InChI=1S/C9H4ClF2NO/c10-9(14)8-3-5-6(12)1-4(11)2-7(5)13-8/h1-3,13H. The van der Waals surface area contributed by atoms with Gasteiger partial charge in [0.2, 0.25) is 0 Å². The molecule has 72 valence electrons. The Balaban J connectivity index is 2.76. The maximum absolute atomic E-state index is 13.1. The fraction of sp³-hybridized carbons (Fsp3) is 0. The number of aromatic amines is 1. The highest BCUT2D eigenvalue weighted by Gasteiger charge is 2.10. The Labute approximate surface area is 82.5 Å². The second kappa shape index (κ2) is 3.06. The molecule has 0 radical (unpaired) electrons. The third-order valence-electron chi connectivity index (χ3n) is 1.86. The summed E-state index contributed by atoms with van der Waals surface area (Å²) in [5.74, 6) is -1.43. The zero-order valence-electron chi connectivity index (χ0n) is 6.77. The molecule has 0 aliphatic carbocycles. The van der Waals surface area contributed by atoms with E-state index in [1.807, 2.05) is 0 Å². The maximum atomic E-state index is 13.1. The van der Waals surface area contributed by atoms with Crippen LogP contribution in [0.5, 0.6) is 0 Å². The number of carbonyl (C=O) groups is 1. The van der Waals surface area contributed by atoms with E-state index in [2.05, 4.69) is 4.98 Å². The molecule has 0 unspecified atom stereocenters. The SMILES string of the molecule is O=C(Cl)c1cc2c(F)cc(F)cc2[nH]1. The zero-order valence-corrected chi connectivity index (χ0v) is 7.53. The van der Waals surface area contributed by atoms with E-state index >= 15 is 0 Å². The molecule has 2 nitrogen and oxygen atoms in total. The van der Waals surface area contributed by atoms with Crippen LogP contribution in [0.3, 0.4) is 0 Å². The van der Waals surface area contributed by atoms with E-state index in [1.54, 1.807) is 0 Å². The fourth-order valence-electron chi connectivity index (χ4n) is 1.27. The van der Waals surface area contributed by atoms with E-state index in [0.29, 0.717) is 0 Å². The van der Waals surface area contributed by atoms with E-state index in [9.17, 15) is 13.6 Å². The monoisotopic (exact) mass is 215 g/mol. The Morgan fingerprint density at radius 3 is 2.64 bits per heavy atom. The Morgan fingerprint density at radius 2 is 2.00 bits per heavy atom. The van der Waals surface area contributed by atoms with Gasteiger partial charge >= 0.3 is 0 Å². The van der Waals surface area contributed by atoms with E-state index in [1.165, 1.54) is 6.07 Å². The minimum absolute atomic E-state index is 0.0474. The lowest BCUT2D eigenvalue weighted by Crippen LogP contribution is -1.86. The molecule has 2 aromatic rings. The summed E-state index contributed by atoms with van der Waals surface area (Å²) < 4.78 is 25.8. The molecule has 1 N–H and O–H groups in total. The van der Waals surface area contributed by atoms with Crippen molar-refractivity contribution in [3.8, 4) is 0 Å². The van der Waals surface area contributed by atoms with Gasteiger partial charge in [0.05, 0.1) is 11.2 Å². The number of H-pyrrole nitrogens is 1.